The van der Waals surface area contributed by atoms with E-state index in [1.807, 2.05) is 18.2 Å². The Morgan fingerprint density at radius 1 is 1.30 bits per heavy atom. The van der Waals surface area contributed by atoms with Crippen LogP contribution in [0.25, 0.3) is 11.0 Å². The Balaban J connectivity index is 1.34. The van der Waals surface area contributed by atoms with Crippen molar-refractivity contribution in [1.29, 1.82) is 0 Å². The Morgan fingerprint density at radius 2 is 2.19 bits per heavy atom. The average Bonchev–Trinajstić information content (AvgIpc) is 3.36. The first kappa shape index (κ1) is 18.4. The van der Waals surface area contributed by atoms with Gasteiger partial charge in [0, 0.05) is 18.9 Å². The molecule has 2 aromatic rings. The molecule has 146 valence electrons. The van der Waals surface area contributed by atoms with Gasteiger partial charge in [0.15, 0.2) is 0 Å². The predicted molar refractivity (Wildman–Crippen MR) is 102 cm³/mol. The van der Waals surface area contributed by atoms with Crippen molar-refractivity contribution >= 4 is 22.6 Å². The van der Waals surface area contributed by atoms with E-state index < -0.39 is 6.10 Å². The third kappa shape index (κ3) is 4.48. The summed E-state index contributed by atoms with van der Waals surface area (Å²) in [6.45, 7) is 3.79. The van der Waals surface area contributed by atoms with Crippen LogP contribution in [-0.4, -0.2) is 47.9 Å². The Kier molecular flexibility index (Phi) is 5.71. The summed E-state index contributed by atoms with van der Waals surface area (Å²) in [5.41, 5.74) is 2.49. The number of carbonyl (C=O) groups is 1. The summed E-state index contributed by atoms with van der Waals surface area (Å²) in [6, 6.07) is 5.66. The number of aromatic amines is 1. The molecule has 3 atom stereocenters. The molecule has 0 aliphatic carbocycles. The first-order valence-corrected chi connectivity index (χ1v) is 9.84. The van der Waals surface area contributed by atoms with Crippen molar-refractivity contribution in [2.45, 2.75) is 57.3 Å². The van der Waals surface area contributed by atoms with E-state index in [9.17, 15) is 4.79 Å². The van der Waals surface area contributed by atoms with E-state index in [4.69, 9.17) is 14.2 Å². The van der Waals surface area contributed by atoms with Crippen molar-refractivity contribution in [3.05, 3.63) is 24.0 Å². The molecule has 3 heterocycles. The van der Waals surface area contributed by atoms with Crippen LogP contribution in [0.2, 0.25) is 0 Å². The van der Waals surface area contributed by atoms with Gasteiger partial charge in [0.05, 0.1) is 23.7 Å². The number of amides is 1. The van der Waals surface area contributed by atoms with Gasteiger partial charge in [0.1, 0.15) is 18.0 Å². The normalized spacial score (nSPS) is 24.2. The van der Waals surface area contributed by atoms with Gasteiger partial charge in [-0.05, 0) is 57.2 Å². The number of anilines is 1. The van der Waals surface area contributed by atoms with Crippen LogP contribution in [-0.2, 0) is 19.0 Å². The van der Waals surface area contributed by atoms with Gasteiger partial charge in [-0.15, -0.1) is 0 Å². The molecular weight excluding hydrogens is 346 g/mol. The van der Waals surface area contributed by atoms with Gasteiger partial charge in [0.2, 0.25) is 0 Å². The number of carbonyl (C=O) groups excluding carboxylic acids is 1. The molecule has 0 radical (unpaired) electrons. The molecule has 1 amide bonds. The van der Waals surface area contributed by atoms with Crippen LogP contribution in [0.3, 0.4) is 0 Å². The van der Waals surface area contributed by atoms with Gasteiger partial charge in [0.25, 0.3) is 5.91 Å². The maximum Gasteiger partial charge on any atom is 0.253 e. The highest BCUT2D eigenvalue weighted by Gasteiger charge is 2.22. The molecule has 4 rings (SSSR count). The zero-order chi connectivity index (χ0) is 18.6. The largest absolute Gasteiger partial charge is 0.376 e. The monoisotopic (exact) mass is 373 g/mol. The van der Waals surface area contributed by atoms with Crippen LogP contribution >= 0.6 is 0 Å². The zero-order valence-corrected chi connectivity index (χ0v) is 15.7. The number of benzene rings is 1. The summed E-state index contributed by atoms with van der Waals surface area (Å²) in [7, 11) is 0. The molecule has 3 unspecified atom stereocenters. The fourth-order valence-electron chi connectivity index (χ4n) is 3.56. The van der Waals surface area contributed by atoms with Crippen molar-refractivity contribution in [3.63, 3.8) is 0 Å². The molecule has 0 saturated carbocycles. The van der Waals surface area contributed by atoms with Crippen LogP contribution in [0.5, 0.6) is 0 Å². The number of ether oxygens (including phenoxy) is 3. The number of imidazole rings is 1. The maximum atomic E-state index is 12.4. The molecular formula is C20H27N3O4. The highest BCUT2D eigenvalue weighted by atomic mass is 16.5. The van der Waals surface area contributed by atoms with E-state index in [0.717, 1.165) is 67.9 Å². The minimum absolute atomic E-state index is 0.0471. The fourth-order valence-corrected chi connectivity index (χ4v) is 3.56. The van der Waals surface area contributed by atoms with Crippen molar-refractivity contribution in [2.24, 2.45) is 0 Å². The lowest BCUT2D eigenvalue weighted by Gasteiger charge is -2.23. The number of H-pyrrole nitrogens is 1. The first-order chi connectivity index (χ1) is 13.2. The Labute approximate surface area is 158 Å². The number of nitrogens with one attached hydrogen (secondary N) is 2. The maximum absolute atomic E-state index is 12.4. The Morgan fingerprint density at radius 3 is 2.96 bits per heavy atom. The molecule has 27 heavy (non-hydrogen) atoms. The molecule has 1 aromatic heterocycles. The molecule has 7 heteroatoms. The van der Waals surface area contributed by atoms with Crippen molar-refractivity contribution in [2.75, 3.05) is 25.1 Å². The molecule has 2 N–H and O–H groups in total. The lowest BCUT2D eigenvalue weighted by Crippen LogP contribution is -2.32. The van der Waals surface area contributed by atoms with Gasteiger partial charge in [-0.25, -0.2) is 4.98 Å². The number of nitrogens with zero attached hydrogens (tertiary/aromatic N) is 1. The SMILES string of the molecule is CC(OCC1CCCCO1)C(=O)Nc1ccc2nc(C3CCCO3)[nH]c2c1. The smallest absolute Gasteiger partial charge is 0.253 e. The van der Waals surface area contributed by atoms with Crippen LogP contribution in [0.1, 0.15) is 51.0 Å². The third-order valence-corrected chi connectivity index (χ3v) is 5.18. The average molecular weight is 373 g/mol. The van der Waals surface area contributed by atoms with Gasteiger partial charge in [-0.3, -0.25) is 4.79 Å². The summed E-state index contributed by atoms with van der Waals surface area (Å²) >= 11 is 0. The van der Waals surface area contributed by atoms with Gasteiger partial charge in [-0.2, -0.15) is 0 Å². The second-order valence-corrected chi connectivity index (χ2v) is 7.31. The highest BCUT2D eigenvalue weighted by molar-refractivity contribution is 5.95. The zero-order valence-electron chi connectivity index (χ0n) is 15.7. The lowest BCUT2D eigenvalue weighted by molar-refractivity contribution is -0.130. The predicted octanol–water partition coefficient (Wildman–Crippen LogP) is 3.33. The summed E-state index contributed by atoms with van der Waals surface area (Å²) in [4.78, 5) is 20.3. The second-order valence-electron chi connectivity index (χ2n) is 7.31. The minimum atomic E-state index is -0.532. The number of fused-ring (bicyclic) bond motifs is 1. The molecule has 2 aliphatic heterocycles. The van der Waals surface area contributed by atoms with Crippen molar-refractivity contribution in [3.8, 4) is 0 Å². The summed E-state index contributed by atoms with van der Waals surface area (Å²) in [5, 5.41) is 2.92. The quantitative estimate of drug-likeness (QED) is 0.811. The van der Waals surface area contributed by atoms with E-state index in [1.165, 1.54) is 0 Å². The Bertz CT molecular complexity index is 779. The topological polar surface area (TPSA) is 85.5 Å². The standard InChI is InChI=1S/C20H27N3O4/c1-13(27-12-15-5-2-3-9-25-15)20(24)21-14-7-8-16-17(11-14)23-19(22-16)18-6-4-10-26-18/h7-8,11,13,15,18H,2-6,9-10,12H2,1H3,(H,21,24)(H,22,23). The minimum Gasteiger partial charge on any atom is -0.376 e. The third-order valence-electron chi connectivity index (χ3n) is 5.18. The number of hydrogen-bond acceptors (Lipinski definition) is 5. The first-order valence-electron chi connectivity index (χ1n) is 9.84. The van der Waals surface area contributed by atoms with Crippen LogP contribution in [0, 0.1) is 0 Å². The summed E-state index contributed by atoms with van der Waals surface area (Å²) in [5.74, 6) is 0.694. The van der Waals surface area contributed by atoms with E-state index in [-0.39, 0.29) is 18.1 Å². The Hall–Kier alpha value is -1.96. The second kappa shape index (κ2) is 8.37. The van der Waals surface area contributed by atoms with Gasteiger partial charge >= 0.3 is 0 Å². The van der Waals surface area contributed by atoms with Gasteiger partial charge < -0.3 is 24.5 Å². The van der Waals surface area contributed by atoms with Gasteiger partial charge in [-0.1, -0.05) is 0 Å². The molecule has 2 fully saturated rings. The van der Waals surface area contributed by atoms with Crippen LogP contribution in [0.15, 0.2) is 18.2 Å². The van der Waals surface area contributed by atoms with Crippen LogP contribution < -0.4 is 5.32 Å². The van der Waals surface area contributed by atoms with E-state index in [2.05, 4.69) is 15.3 Å². The lowest BCUT2D eigenvalue weighted by atomic mass is 10.1. The number of aromatic nitrogens is 2. The van der Waals surface area contributed by atoms with Crippen molar-refractivity contribution < 1.29 is 19.0 Å². The summed E-state index contributed by atoms with van der Waals surface area (Å²) in [6.07, 6.45) is 4.94. The van der Waals surface area contributed by atoms with E-state index in [0.29, 0.717) is 6.61 Å². The van der Waals surface area contributed by atoms with Crippen LogP contribution in [0.4, 0.5) is 5.69 Å². The molecule has 7 nitrogen and oxygen atoms in total. The molecule has 0 bridgehead atoms. The molecule has 2 saturated heterocycles. The molecule has 2 aliphatic rings. The fraction of sp³-hybridized carbons (Fsp3) is 0.600. The molecule has 0 spiro atoms. The highest BCUT2D eigenvalue weighted by Crippen LogP contribution is 2.28. The van der Waals surface area contributed by atoms with Crippen molar-refractivity contribution in [1.82, 2.24) is 9.97 Å². The number of hydrogen-bond donors (Lipinski definition) is 2. The summed E-state index contributed by atoms with van der Waals surface area (Å²) < 4.78 is 17.0. The van der Waals surface area contributed by atoms with E-state index in [1.54, 1.807) is 6.92 Å². The number of rotatable bonds is 6. The van der Waals surface area contributed by atoms with E-state index >= 15 is 0 Å². The molecule has 1 aromatic carbocycles.